The van der Waals surface area contributed by atoms with Crippen molar-refractivity contribution >= 4 is 0 Å². The standard InChI is InChI=1S/C11H21N3/c1-9-6-13-14(7-9)8-10(12-5)11(2,3)4/h6-7,10,12H,8H2,1-5H3. The fourth-order valence-electron chi connectivity index (χ4n) is 1.55. The van der Waals surface area contributed by atoms with Crippen LogP contribution >= 0.6 is 0 Å². The van der Waals surface area contributed by atoms with Gasteiger partial charge in [0.05, 0.1) is 12.7 Å². The van der Waals surface area contributed by atoms with Gasteiger partial charge in [-0.15, -0.1) is 0 Å². The second-order valence-corrected chi connectivity index (χ2v) is 4.95. The highest BCUT2D eigenvalue weighted by atomic mass is 15.3. The van der Waals surface area contributed by atoms with E-state index >= 15 is 0 Å². The maximum absolute atomic E-state index is 4.29. The van der Waals surface area contributed by atoms with Crippen molar-refractivity contribution in [3.05, 3.63) is 18.0 Å². The third kappa shape index (κ3) is 2.84. The SMILES string of the molecule is CNC(Cn1cc(C)cn1)C(C)(C)C. The summed E-state index contributed by atoms with van der Waals surface area (Å²) < 4.78 is 2.00. The second-order valence-electron chi connectivity index (χ2n) is 4.95. The van der Waals surface area contributed by atoms with E-state index in [4.69, 9.17) is 0 Å². The molecule has 0 aliphatic carbocycles. The van der Waals surface area contributed by atoms with E-state index in [0.29, 0.717) is 6.04 Å². The van der Waals surface area contributed by atoms with Crippen molar-refractivity contribution in [2.75, 3.05) is 7.05 Å². The van der Waals surface area contributed by atoms with Crippen LogP contribution in [0.25, 0.3) is 0 Å². The van der Waals surface area contributed by atoms with Gasteiger partial charge in [0.2, 0.25) is 0 Å². The Morgan fingerprint density at radius 3 is 2.50 bits per heavy atom. The molecule has 1 unspecified atom stereocenters. The molecule has 0 aliphatic rings. The summed E-state index contributed by atoms with van der Waals surface area (Å²) in [6.07, 6.45) is 3.98. The Morgan fingerprint density at radius 1 is 1.50 bits per heavy atom. The zero-order valence-corrected chi connectivity index (χ0v) is 9.83. The highest BCUT2D eigenvalue weighted by molar-refractivity contribution is 4.99. The van der Waals surface area contributed by atoms with Gasteiger partial charge < -0.3 is 5.32 Å². The predicted molar refractivity (Wildman–Crippen MR) is 59.3 cm³/mol. The van der Waals surface area contributed by atoms with E-state index in [9.17, 15) is 0 Å². The minimum Gasteiger partial charge on any atom is -0.315 e. The molecule has 0 saturated heterocycles. The molecule has 1 heterocycles. The van der Waals surface area contributed by atoms with Crippen molar-refractivity contribution in [3.8, 4) is 0 Å². The molecular weight excluding hydrogens is 174 g/mol. The van der Waals surface area contributed by atoms with E-state index < -0.39 is 0 Å². The number of nitrogens with zero attached hydrogens (tertiary/aromatic N) is 2. The molecule has 0 spiro atoms. The molecule has 3 heteroatoms. The topological polar surface area (TPSA) is 29.9 Å². The molecule has 80 valence electrons. The van der Waals surface area contributed by atoms with Crippen molar-refractivity contribution in [2.24, 2.45) is 5.41 Å². The summed E-state index contributed by atoms with van der Waals surface area (Å²) in [5.41, 5.74) is 1.47. The van der Waals surface area contributed by atoms with Gasteiger partial charge in [-0.2, -0.15) is 5.10 Å². The molecule has 0 fully saturated rings. The third-order valence-corrected chi connectivity index (χ3v) is 2.53. The lowest BCUT2D eigenvalue weighted by Crippen LogP contribution is -2.41. The van der Waals surface area contributed by atoms with Gasteiger partial charge in [-0.25, -0.2) is 0 Å². The van der Waals surface area contributed by atoms with Crippen LogP contribution in [0.15, 0.2) is 12.4 Å². The lowest BCUT2D eigenvalue weighted by Gasteiger charge is -2.30. The van der Waals surface area contributed by atoms with Gasteiger partial charge in [-0.1, -0.05) is 20.8 Å². The van der Waals surface area contributed by atoms with E-state index in [2.05, 4.69) is 44.3 Å². The van der Waals surface area contributed by atoms with Crippen LogP contribution in [-0.2, 0) is 6.54 Å². The number of aromatic nitrogens is 2. The average Bonchev–Trinajstić information content (AvgIpc) is 2.45. The largest absolute Gasteiger partial charge is 0.315 e. The van der Waals surface area contributed by atoms with Gasteiger partial charge in [0, 0.05) is 12.2 Å². The maximum atomic E-state index is 4.29. The van der Waals surface area contributed by atoms with Gasteiger partial charge in [-0.3, -0.25) is 4.68 Å². The maximum Gasteiger partial charge on any atom is 0.0567 e. The number of rotatable bonds is 3. The quantitative estimate of drug-likeness (QED) is 0.797. The smallest absolute Gasteiger partial charge is 0.0567 e. The Morgan fingerprint density at radius 2 is 2.14 bits per heavy atom. The predicted octanol–water partition coefficient (Wildman–Crippen LogP) is 1.83. The molecule has 0 aliphatic heterocycles. The minimum atomic E-state index is 0.259. The summed E-state index contributed by atoms with van der Waals surface area (Å²) in [7, 11) is 2.01. The van der Waals surface area contributed by atoms with Crippen LogP contribution in [0, 0.1) is 12.3 Å². The van der Waals surface area contributed by atoms with Crippen molar-refractivity contribution < 1.29 is 0 Å². The summed E-state index contributed by atoms with van der Waals surface area (Å²) in [5, 5.41) is 7.63. The molecule has 1 aromatic heterocycles. The van der Waals surface area contributed by atoms with Crippen LogP contribution in [0.2, 0.25) is 0 Å². The zero-order valence-electron chi connectivity index (χ0n) is 9.83. The number of hydrogen-bond donors (Lipinski definition) is 1. The summed E-state index contributed by atoms with van der Waals surface area (Å²) in [5.74, 6) is 0. The fraction of sp³-hybridized carbons (Fsp3) is 0.727. The molecule has 0 saturated carbocycles. The Bertz CT molecular complexity index is 283. The Labute approximate surface area is 86.5 Å². The molecule has 1 rings (SSSR count). The van der Waals surface area contributed by atoms with Crippen LogP contribution in [0.1, 0.15) is 26.3 Å². The molecule has 1 N–H and O–H groups in total. The lowest BCUT2D eigenvalue weighted by molar-refractivity contribution is 0.247. The first kappa shape index (κ1) is 11.2. The zero-order chi connectivity index (χ0) is 10.8. The molecule has 0 bridgehead atoms. The number of aryl methyl sites for hydroxylation is 1. The van der Waals surface area contributed by atoms with Gasteiger partial charge in [0.25, 0.3) is 0 Å². The van der Waals surface area contributed by atoms with E-state index in [1.807, 2.05) is 17.9 Å². The first-order valence-corrected chi connectivity index (χ1v) is 5.10. The molecule has 0 amide bonds. The van der Waals surface area contributed by atoms with E-state index in [0.717, 1.165) is 6.54 Å². The molecular formula is C11H21N3. The van der Waals surface area contributed by atoms with E-state index in [1.165, 1.54) is 5.56 Å². The second kappa shape index (κ2) is 4.13. The highest BCUT2D eigenvalue weighted by Gasteiger charge is 2.23. The van der Waals surface area contributed by atoms with Crippen LogP contribution in [0.4, 0.5) is 0 Å². The van der Waals surface area contributed by atoms with Gasteiger partial charge in [0.1, 0.15) is 0 Å². The molecule has 1 aromatic rings. The highest BCUT2D eigenvalue weighted by Crippen LogP contribution is 2.20. The van der Waals surface area contributed by atoms with Crippen LogP contribution < -0.4 is 5.32 Å². The summed E-state index contributed by atoms with van der Waals surface area (Å²) in [6, 6.07) is 0.446. The molecule has 0 aromatic carbocycles. The van der Waals surface area contributed by atoms with Crippen molar-refractivity contribution in [2.45, 2.75) is 40.3 Å². The Balaban J connectivity index is 2.66. The van der Waals surface area contributed by atoms with Gasteiger partial charge in [0.15, 0.2) is 0 Å². The Hall–Kier alpha value is -0.830. The molecule has 3 nitrogen and oxygen atoms in total. The minimum absolute atomic E-state index is 0.259. The fourth-order valence-corrected chi connectivity index (χ4v) is 1.55. The molecule has 0 radical (unpaired) electrons. The van der Waals surface area contributed by atoms with Crippen LogP contribution in [0.3, 0.4) is 0 Å². The van der Waals surface area contributed by atoms with E-state index in [1.54, 1.807) is 0 Å². The monoisotopic (exact) mass is 195 g/mol. The number of hydrogen-bond acceptors (Lipinski definition) is 2. The summed E-state index contributed by atoms with van der Waals surface area (Å²) >= 11 is 0. The lowest BCUT2D eigenvalue weighted by atomic mass is 9.87. The molecule has 14 heavy (non-hydrogen) atoms. The van der Waals surface area contributed by atoms with Gasteiger partial charge in [-0.05, 0) is 24.9 Å². The molecule has 1 atom stereocenters. The number of likely N-dealkylation sites (N-methyl/N-ethyl adjacent to an activating group) is 1. The third-order valence-electron chi connectivity index (χ3n) is 2.53. The Kier molecular flexibility index (Phi) is 3.32. The summed E-state index contributed by atoms with van der Waals surface area (Å²) in [6.45, 7) is 9.71. The van der Waals surface area contributed by atoms with Crippen molar-refractivity contribution in [3.63, 3.8) is 0 Å². The first-order valence-electron chi connectivity index (χ1n) is 5.10. The number of nitrogens with one attached hydrogen (secondary N) is 1. The van der Waals surface area contributed by atoms with Crippen LogP contribution in [-0.4, -0.2) is 22.9 Å². The summed E-state index contributed by atoms with van der Waals surface area (Å²) in [4.78, 5) is 0. The van der Waals surface area contributed by atoms with E-state index in [-0.39, 0.29) is 5.41 Å². The van der Waals surface area contributed by atoms with Gasteiger partial charge >= 0.3 is 0 Å². The first-order chi connectivity index (χ1) is 6.43. The van der Waals surface area contributed by atoms with Crippen molar-refractivity contribution in [1.29, 1.82) is 0 Å². The van der Waals surface area contributed by atoms with Crippen LogP contribution in [0.5, 0.6) is 0 Å². The van der Waals surface area contributed by atoms with Crippen molar-refractivity contribution in [1.82, 2.24) is 15.1 Å². The normalized spacial score (nSPS) is 14.4. The average molecular weight is 195 g/mol.